The van der Waals surface area contributed by atoms with Gasteiger partial charge in [0.15, 0.2) is 5.76 Å². The van der Waals surface area contributed by atoms with Gasteiger partial charge >= 0.3 is 0 Å². The molecule has 0 unspecified atom stereocenters. The summed E-state index contributed by atoms with van der Waals surface area (Å²) in [6.45, 7) is 5.68. The smallest absolute Gasteiger partial charge is 0.287 e. The van der Waals surface area contributed by atoms with Gasteiger partial charge in [-0.3, -0.25) is 9.59 Å². The number of hydrogen-bond donors (Lipinski definition) is 2. The maximum atomic E-state index is 12.8. The highest BCUT2D eigenvalue weighted by Crippen LogP contribution is 2.16. The molecule has 1 aromatic carbocycles. The van der Waals surface area contributed by atoms with Crippen molar-refractivity contribution in [3.8, 4) is 5.69 Å². The highest BCUT2D eigenvalue weighted by atomic mass is 16.3. The summed E-state index contributed by atoms with van der Waals surface area (Å²) < 4.78 is 7.01. The maximum absolute atomic E-state index is 12.8. The highest BCUT2D eigenvalue weighted by Gasteiger charge is 2.26. The zero-order valence-electron chi connectivity index (χ0n) is 16.1. The first kappa shape index (κ1) is 19.4. The monoisotopic (exact) mass is 380 g/mol. The third-order valence-electron chi connectivity index (χ3n) is 4.54. The Morgan fingerprint density at radius 1 is 1.07 bits per heavy atom. The number of aromatic nitrogens is 2. The second kappa shape index (κ2) is 8.56. The van der Waals surface area contributed by atoms with Gasteiger partial charge in [0.05, 0.1) is 18.6 Å². The van der Waals surface area contributed by atoms with Crippen LogP contribution in [-0.4, -0.2) is 27.4 Å². The molecule has 0 saturated heterocycles. The van der Waals surface area contributed by atoms with Crippen LogP contribution in [0.15, 0.2) is 65.8 Å². The van der Waals surface area contributed by atoms with E-state index in [-0.39, 0.29) is 23.6 Å². The topological polar surface area (TPSA) is 89.2 Å². The molecule has 146 valence electrons. The van der Waals surface area contributed by atoms with Gasteiger partial charge in [-0.2, -0.15) is 0 Å². The molecule has 0 saturated carbocycles. The van der Waals surface area contributed by atoms with Crippen LogP contribution in [0.1, 0.15) is 42.9 Å². The molecule has 7 nitrogen and oxygen atoms in total. The standard InChI is InChI=1S/C21H24N4O3/c1-14(2)19(24-20(26)18-5-4-12-28-18)21(27)23-15(3)16-6-8-17(9-7-16)25-11-10-22-13-25/h4-15,19H,1-3H3,(H,23,27)(H,24,26)/t15-,19-/m1/s1. The summed E-state index contributed by atoms with van der Waals surface area (Å²) in [5.41, 5.74) is 1.96. The Kier molecular flexibility index (Phi) is 5.93. The van der Waals surface area contributed by atoms with Crippen LogP contribution in [-0.2, 0) is 4.79 Å². The Balaban J connectivity index is 1.64. The third-order valence-corrected chi connectivity index (χ3v) is 4.54. The van der Waals surface area contributed by atoms with E-state index in [0.717, 1.165) is 11.3 Å². The lowest BCUT2D eigenvalue weighted by Crippen LogP contribution is -2.50. The minimum Gasteiger partial charge on any atom is -0.459 e. The van der Waals surface area contributed by atoms with E-state index in [0.29, 0.717) is 0 Å². The van der Waals surface area contributed by atoms with Crippen LogP contribution in [0.5, 0.6) is 0 Å². The fourth-order valence-electron chi connectivity index (χ4n) is 2.89. The largest absolute Gasteiger partial charge is 0.459 e. The molecular weight excluding hydrogens is 356 g/mol. The van der Waals surface area contributed by atoms with Crippen LogP contribution in [0.25, 0.3) is 5.69 Å². The van der Waals surface area contributed by atoms with E-state index in [2.05, 4.69) is 15.6 Å². The first-order valence-electron chi connectivity index (χ1n) is 9.18. The average Bonchev–Trinajstić information content (AvgIpc) is 3.39. The quantitative estimate of drug-likeness (QED) is 0.659. The molecular formula is C21H24N4O3. The Bertz CT molecular complexity index is 900. The van der Waals surface area contributed by atoms with Crippen LogP contribution in [0.2, 0.25) is 0 Å². The molecule has 0 aliphatic heterocycles. The van der Waals surface area contributed by atoms with E-state index in [1.165, 1.54) is 6.26 Å². The van der Waals surface area contributed by atoms with Gasteiger partial charge in [-0.1, -0.05) is 26.0 Å². The van der Waals surface area contributed by atoms with Crippen molar-refractivity contribution in [2.45, 2.75) is 32.9 Å². The lowest BCUT2D eigenvalue weighted by Gasteiger charge is -2.24. The number of benzene rings is 1. The van der Waals surface area contributed by atoms with Crippen LogP contribution < -0.4 is 10.6 Å². The fourth-order valence-corrected chi connectivity index (χ4v) is 2.89. The van der Waals surface area contributed by atoms with Gasteiger partial charge in [0.2, 0.25) is 5.91 Å². The van der Waals surface area contributed by atoms with Crippen LogP contribution in [0, 0.1) is 5.92 Å². The summed E-state index contributed by atoms with van der Waals surface area (Å²) >= 11 is 0. The Labute approximate surface area is 163 Å². The molecule has 0 bridgehead atoms. The second-order valence-corrected chi connectivity index (χ2v) is 6.96. The summed E-state index contributed by atoms with van der Waals surface area (Å²) in [5.74, 6) is -0.534. The molecule has 7 heteroatoms. The summed E-state index contributed by atoms with van der Waals surface area (Å²) in [4.78, 5) is 29.0. The van der Waals surface area contributed by atoms with E-state index >= 15 is 0 Å². The van der Waals surface area contributed by atoms with E-state index in [4.69, 9.17) is 4.42 Å². The van der Waals surface area contributed by atoms with Crippen LogP contribution in [0.3, 0.4) is 0 Å². The Morgan fingerprint density at radius 3 is 2.39 bits per heavy atom. The lowest BCUT2D eigenvalue weighted by molar-refractivity contribution is -0.124. The van der Waals surface area contributed by atoms with Crippen molar-refractivity contribution in [2.75, 3.05) is 0 Å². The van der Waals surface area contributed by atoms with Gasteiger partial charge in [-0.15, -0.1) is 0 Å². The summed E-state index contributed by atoms with van der Waals surface area (Å²) in [7, 11) is 0. The number of nitrogens with one attached hydrogen (secondary N) is 2. The minimum atomic E-state index is -0.662. The van der Waals surface area contributed by atoms with E-state index in [1.54, 1.807) is 24.7 Å². The number of carbonyl (C=O) groups is 2. The van der Waals surface area contributed by atoms with Gasteiger partial charge in [0.1, 0.15) is 6.04 Å². The molecule has 0 aliphatic rings. The minimum absolute atomic E-state index is 0.0743. The first-order chi connectivity index (χ1) is 13.5. The van der Waals surface area contributed by atoms with E-state index in [1.807, 2.05) is 55.8 Å². The Hall–Kier alpha value is -3.35. The van der Waals surface area contributed by atoms with Gasteiger partial charge in [-0.05, 0) is 42.7 Å². The predicted molar refractivity (Wildman–Crippen MR) is 105 cm³/mol. The van der Waals surface area contributed by atoms with E-state index < -0.39 is 11.9 Å². The predicted octanol–water partition coefficient (Wildman–Crippen LogP) is 3.10. The molecule has 2 N–H and O–H groups in total. The lowest BCUT2D eigenvalue weighted by atomic mass is 10.0. The molecule has 2 aromatic heterocycles. The summed E-state index contributed by atoms with van der Waals surface area (Å²) in [5, 5.41) is 5.73. The van der Waals surface area contributed by atoms with E-state index in [9.17, 15) is 9.59 Å². The molecule has 0 aliphatic carbocycles. The van der Waals surface area contributed by atoms with Gasteiger partial charge in [-0.25, -0.2) is 4.98 Å². The van der Waals surface area contributed by atoms with Gasteiger partial charge < -0.3 is 19.6 Å². The number of imidazole rings is 1. The molecule has 0 radical (unpaired) electrons. The van der Waals surface area contributed by atoms with Crippen molar-refractivity contribution in [1.82, 2.24) is 20.2 Å². The molecule has 0 spiro atoms. The number of carbonyl (C=O) groups excluding carboxylic acids is 2. The summed E-state index contributed by atoms with van der Waals surface area (Å²) in [6, 6.07) is 10.2. The van der Waals surface area contributed by atoms with Crippen molar-refractivity contribution < 1.29 is 14.0 Å². The normalized spacial score (nSPS) is 13.1. The van der Waals surface area contributed by atoms with Crippen molar-refractivity contribution in [1.29, 1.82) is 0 Å². The molecule has 2 amide bonds. The number of rotatable bonds is 7. The van der Waals surface area contributed by atoms with Crippen molar-refractivity contribution in [3.63, 3.8) is 0 Å². The second-order valence-electron chi connectivity index (χ2n) is 6.96. The van der Waals surface area contributed by atoms with Crippen LogP contribution >= 0.6 is 0 Å². The molecule has 3 rings (SSSR count). The van der Waals surface area contributed by atoms with Crippen molar-refractivity contribution in [3.05, 3.63) is 72.7 Å². The highest BCUT2D eigenvalue weighted by molar-refractivity contribution is 5.95. The number of amides is 2. The molecule has 3 aromatic rings. The zero-order valence-corrected chi connectivity index (χ0v) is 16.1. The molecule has 0 fully saturated rings. The fraction of sp³-hybridized carbons (Fsp3) is 0.286. The van der Waals surface area contributed by atoms with Crippen molar-refractivity contribution in [2.24, 2.45) is 5.92 Å². The van der Waals surface area contributed by atoms with Gasteiger partial charge in [0, 0.05) is 18.1 Å². The van der Waals surface area contributed by atoms with Crippen LogP contribution in [0.4, 0.5) is 0 Å². The number of nitrogens with zero attached hydrogens (tertiary/aromatic N) is 2. The SMILES string of the molecule is CC(C)[C@@H](NC(=O)c1ccco1)C(=O)N[C@H](C)c1ccc(-n2ccnc2)cc1. The zero-order chi connectivity index (χ0) is 20.1. The van der Waals surface area contributed by atoms with Gasteiger partial charge in [0.25, 0.3) is 5.91 Å². The Morgan fingerprint density at radius 2 is 1.82 bits per heavy atom. The molecule has 2 heterocycles. The number of furan rings is 1. The molecule has 28 heavy (non-hydrogen) atoms. The first-order valence-corrected chi connectivity index (χ1v) is 9.18. The summed E-state index contributed by atoms with van der Waals surface area (Å²) in [6.07, 6.45) is 6.75. The number of hydrogen-bond acceptors (Lipinski definition) is 4. The maximum Gasteiger partial charge on any atom is 0.287 e. The molecule has 2 atom stereocenters. The van der Waals surface area contributed by atoms with Crippen molar-refractivity contribution >= 4 is 11.8 Å². The average molecular weight is 380 g/mol. The third kappa shape index (κ3) is 4.49.